The molecule has 2 bridgehead atoms. The molecule has 1 heterocycles. The van der Waals surface area contributed by atoms with Crippen LogP contribution in [0.15, 0.2) is 36.4 Å². The molecule has 55 heavy (non-hydrogen) atoms. The van der Waals surface area contributed by atoms with Gasteiger partial charge < -0.3 is 35.4 Å². The summed E-state index contributed by atoms with van der Waals surface area (Å²) >= 11 is 0. The summed E-state index contributed by atoms with van der Waals surface area (Å²) in [7, 11) is 9.68. The van der Waals surface area contributed by atoms with Gasteiger partial charge in [0.1, 0.15) is 17.9 Å². The number of aliphatic hydroxyl groups is 2. The van der Waals surface area contributed by atoms with Crippen LogP contribution in [0.3, 0.4) is 0 Å². The molecule has 4 saturated carbocycles. The SMILES string of the molecule is COc1c(CN2O[C@@H](CO)[C@@H]([C@H](C)O)[C@H]2C(=O)N[C@H]2C[C@@H]3C[C@@H]([C@@H]2C)C3(C)C)cccc1-c1cc(C(=O)NC(CN(C)C)C2CCCCC2)cc(N(C)C)c1. The molecule has 1 unspecified atom stereocenters. The number of carbonyl (C=O) groups excluding carboxylic acids is 2. The highest BCUT2D eigenvalue weighted by Gasteiger charge is 2.57. The molecule has 7 rings (SSSR count). The molecule has 11 nitrogen and oxygen atoms in total. The van der Waals surface area contributed by atoms with Crippen LogP contribution in [0.25, 0.3) is 11.1 Å². The van der Waals surface area contributed by atoms with E-state index < -0.39 is 24.2 Å². The van der Waals surface area contributed by atoms with E-state index in [4.69, 9.17) is 9.57 Å². The number of amides is 2. The van der Waals surface area contributed by atoms with Crippen molar-refractivity contribution >= 4 is 17.5 Å². The lowest BCUT2D eigenvalue weighted by Crippen LogP contribution is -2.62. The second-order valence-electron chi connectivity index (χ2n) is 18.1. The first-order valence-electron chi connectivity index (χ1n) is 20.6. The van der Waals surface area contributed by atoms with Gasteiger partial charge in [-0.25, -0.2) is 0 Å². The minimum atomic E-state index is -0.893. The van der Waals surface area contributed by atoms with Crippen molar-refractivity contribution in [3.8, 4) is 16.9 Å². The Balaban J connectivity index is 1.28. The third-order valence-corrected chi connectivity index (χ3v) is 13.8. The largest absolute Gasteiger partial charge is 0.496 e. The number of carbonyl (C=O) groups is 2. The normalized spacial score (nSPS) is 29.0. The van der Waals surface area contributed by atoms with Gasteiger partial charge in [0.25, 0.3) is 5.91 Å². The molecule has 4 N–H and O–H groups in total. The van der Waals surface area contributed by atoms with E-state index >= 15 is 0 Å². The fourth-order valence-electron chi connectivity index (χ4n) is 10.5. The summed E-state index contributed by atoms with van der Waals surface area (Å²) in [5.74, 6) is 1.62. The molecule has 4 aliphatic carbocycles. The van der Waals surface area contributed by atoms with Gasteiger partial charge in [0, 0.05) is 61.0 Å². The predicted octanol–water partition coefficient (Wildman–Crippen LogP) is 5.33. The number of anilines is 1. The molecule has 0 spiro atoms. The number of hydrogen-bond donors (Lipinski definition) is 4. The van der Waals surface area contributed by atoms with Gasteiger partial charge in [0.2, 0.25) is 5.91 Å². The summed E-state index contributed by atoms with van der Waals surface area (Å²) in [5, 5.41) is 29.8. The van der Waals surface area contributed by atoms with E-state index in [-0.39, 0.29) is 42.5 Å². The fraction of sp³-hybridized carbons (Fsp3) is 0.682. The summed E-state index contributed by atoms with van der Waals surface area (Å²) in [4.78, 5) is 38.8. The van der Waals surface area contributed by atoms with E-state index in [1.165, 1.54) is 25.7 Å². The molecule has 2 amide bonds. The summed E-state index contributed by atoms with van der Waals surface area (Å²) in [5.41, 5.74) is 4.17. The highest BCUT2D eigenvalue weighted by atomic mass is 16.7. The quantitative estimate of drug-likeness (QED) is 0.202. The van der Waals surface area contributed by atoms with Crippen LogP contribution in [0.5, 0.6) is 5.75 Å². The Kier molecular flexibility index (Phi) is 12.9. The number of rotatable bonds is 14. The second-order valence-corrected chi connectivity index (χ2v) is 18.1. The first-order chi connectivity index (χ1) is 26.1. The van der Waals surface area contributed by atoms with Crippen LogP contribution < -0.4 is 20.3 Å². The molecular weight excluding hydrogens is 695 g/mol. The zero-order chi connectivity index (χ0) is 39.8. The molecule has 1 aliphatic heterocycles. The van der Waals surface area contributed by atoms with E-state index in [1.54, 1.807) is 19.1 Å². The number of nitrogens with one attached hydrogen (secondary N) is 2. The maximum atomic E-state index is 14.3. The molecule has 5 fully saturated rings. The minimum Gasteiger partial charge on any atom is -0.496 e. The van der Waals surface area contributed by atoms with Crippen LogP contribution in [0.2, 0.25) is 0 Å². The molecule has 5 aliphatic rings. The van der Waals surface area contributed by atoms with Crippen molar-refractivity contribution in [2.24, 2.45) is 35.0 Å². The zero-order valence-corrected chi connectivity index (χ0v) is 34.7. The van der Waals surface area contributed by atoms with Gasteiger partial charge in [-0.3, -0.25) is 14.4 Å². The van der Waals surface area contributed by atoms with Gasteiger partial charge in [0.15, 0.2) is 0 Å². The maximum absolute atomic E-state index is 14.3. The van der Waals surface area contributed by atoms with Crippen molar-refractivity contribution in [2.45, 2.75) is 110 Å². The predicted molar refractivity (Wildman–Crippen MR) is 217 cm³/mol. The highest BCUT2D eigenvalue weighted by Crippen LogP contribution is 2.61. The fourth-order valence-corrected chi connectivity index (χ4v) is 10.5. The third kappa shape index (κ3) is 8.56. The van der Waals surface area contributed by atoms with Crippen molar-refractivity contribution in [1.82, 2.24) is 20.6 Å². The van der Waals surface area contributed by atoms with Crippen molar-refractivity contribution < 1.29 is 29.4 Å². The second kappa shape index (κ2) is 17.1. The van der Waals surface area contributed by atoms with Gasteiger partial charge in [-0.05, 0) is 99.6 Å². The Morgan fingerprint density at radius 3 is 2.40 bits per heavy atom. The van der Waals surface area contributed by atoms with Crippen LogP contribution >= 0.6 is 0 Å². The van der Waals surface area contributed by atoms with E-state index in [2.05, 4.69) is 56.5 Å². The zero-order valence-electron chi connectivity index (χ0n) is 34.7. The number of hydroxylamine groups is 2. The Bertz CT molecular complexity index is 1660. The number of benzene rings is 2. The smallest absolute Gasteiger partial charge is 0.251 e. The van der Waals surface area contributed by atoms with Gasteiger partial charge in [-0.2, -0.15) is 5.06 Å². The molecule has 2 aromatic carbocycles. The molecule has 2 aromatic rings. The minimum absolute atomic E-state index is 0.0445. The van der Waals surface area contributed by atoms with Gasteiger partial charge in [0.05, 0.1) is 26.4 Å². The number of para-hydroxylation sites is 1. The topological polar surface area (TPSA) is 127 Å². The van der Waals surface area contributed by atoms with Crippen molar-refractivity contribution in [3.05, 3.63) is 47.5 Å². The lowest BCUT2D eigenvalue weighted by atomic mass is 9.45. The number of methoxy groups -OCH3 is 1. The molecule has 11 heteroatoms. The van der Waals surface area contributed by atoms with Crippen LogP contribution in [-0.2, 0) is 16.2 Å². The summed E-state index contributed by atoms with van der Waals surface area (Å²) in [6.45, 7) is 9.23. The van der Waals surface area contributed by atoms with Crippen LogP contribution in [-0.4, -0.2) is 111 Å². The molecular formula is C44H67N5O6. The lowest BCUT2D eigenvalue weighted by Gasteiger charge is -2.62. The number of fused-ring (bicyclic) bond motifs is 2. The van der Waals surface area contributed by atoms with Gasteiger partial charge in [-0.1, -0.05) is 58.2 Å². The van der Waals surface area contributed by atoms with Crippen molar-refractivity contribution in [1.29, 1.82) is 0 Å². The number of nitrogens with zero attached hydrogens (tertiary/aromatic N) is 3. The Hall–Kier alpha value is -3.22. The van der Waals surface area contributed by atoms with E-state index in [1.807, 2.05) is 49.3 Å². The van der Waals surface area contributed by atoms with Crippen LogP contribution in [0.4, 0.5) is 5.69 Å². The Morgan fingerprint density at radius 2 is 1.80 bits per heavy atom. The van der Waals surface area contributed by atoms with E-state index in [0.717, 1.165) is 48.2 Å². The van der Waals surface area contributed by atoms with E-state index in [0.29, 0.717) is 35.0 Å². The first-order valence-corrected chi connectivity index (χ1v) is 20.6. The molecule has 1 saturated heterocycles. The van der Waals surface area contributed by atoms with E-state index in [9.17, 15) is 19.8 Å². The van der Waals surface area contributed by atoms with Gasteiger partial charge in [-0.15, -0.1) is 0 Å². The summed E-state index contributed by atoms with van der Waals surface area (Å²) < 4.78 is 6.12. The average molecular weight is 762 g/mol. The van der Waals surface area contributed by atoms with Crippen molar-refractivity contribution in [2.75, 3.05) is 53.4 Å². The molecule has 0 aromatic heterocycles. The highest BCUT2D eigenvalue weighted by molar-refractivity contribution is 5.97. The molecule has 0 radical (unpaired) electrons. The Morgan fingerprint density at radius 1 is 1.07 bits per heavy atom. The number of hydrogen-bond acceptors (Lipinski definition) is 9. The average Bonchev–Trinajstić information content (AvgIpc) is 3.53. The standard InChI is InChI=1S/C44H67N5O6/c1-26-35-21-32(44(35,3)4)22-36(26)45-43(53)40-39(27(2)51)38(25-50)55-49(40)23-29-16-13-17-34(41(29)54-9)30-18-31(20-33(19-30)48(7)8)42(52)46-37(24-47(5)6)28-14-11-10-12-15-28/h13,16-20,26-28,32,35-40,50-51H,10-12,14-15,21-25H2,1-9H3,(H,45,53)(H,46,52)/t26-,27-,32-,35-,36-,37?,38-,39+,40-/m0/s1. The number of aliphatic hydroxyl groups excluding tert-OH is 2. The van der Waals surface area contributed by atoms with Crippen LogP contribution in [0.1, 0.15) is 88.6 Å². The first kappa shape index (κ1) is 41.4. The number of ether oxygens (including phenoxy) is 1. The molecule has 304 valence electrons. The summed E-state index contributed by atoms with van der Waals surface area (Å²) in [6, 6.07) is 11.1. The monoisotopic (exact) mass is 762 g/mol. The number of likely N-dealkylation sites (N-methyl/N-ethyl adjacent to an activating group) is 1. The lowest BCUT2D eigenvalue weighted by molar-refractivity contribution is -0.183. The van der Waals surface area contributed by atoms with Crippen LogP contribution in [0, 0.1) is 35.0 Å². The van der Waals surface area contributed by atoms with Crippen molar-refractivity contribution in [3.63, 3.8) is 0 Å². The Labute approximate surface area is 329 Å². The third-order valence-electron chi connectivity index (χ3n) is 13.8. The maximum Gasteiger partial charge on any atom is 0.251 e. The summed E-state index contributed by atoms with van der Waals surface area (Å²) in [6.07, 6.45) is 6.43. The molecule has 9 atom stereocenters. The van der Waals surface area contributed by atoms with Gasteiger partial charge >= 0.3 is 0 Å².